The molecule has 0 fully saturated rings. The highest BCUT2D eigenvalue weighted by atomic mass is 16.4. The Balaban J connectivity index is 4.17. The molecule has 0 aromatic heterocycles. The Morgan fingerprint density at radius 1 is 0.607 bits per heavy atom. The molecular formula is C18H38N4O6. The minimum absolute atomic E-state index is 0.302. The van der Waals surface area contributed by atoms with Crippen molar-refractivity contribution in [3.8, 4) is 0 Å². The fourth-order valence-corrected chi connectivity index (χ4v) is 2.56. The summed E-state index contributed by atoms with van der Waals surface area (Å²) in [5.41, 5.74) is 10.8. The van der Waals surface area contributed by atoms with Crippen LogP contribution >= 0.6 is 0 Å². The third-order valence-electron chi connectivity index (χ3n) is 4.39. The van der Waals surface area contributed by atoms with Gasteiger partial charge in [0.05, 0.1) is 0 Å². The lowest BCUT2D eigenvalue weighted by Crippen LogP contribution is -2.54. The van der Waals surface area contributed by atoms with Gasteiger partial charge in [0.15, 0.2) is 12.2 Å². The second-order valence-corrected chi connectivity index (χ2v) is 6.86. The lowest BCUT2D eigenvalue weighted by molar-refractivity contribution is -0.155. The Morgan fingerprint density at radius 3 is 1.25 bits per heavy atom. The van der Waals surface area contributed by atoms with E-state index >= 15 is 0 Å². The molecular weight excluding hydrogens is 368 g/mol. The first kappa shape index (κ1) is 26.7. The van der Waals surface area contributed by atoms with Crippen molar-refractivity contribution in [3.05, 3.63) is 0 Å². The fourth-order valence-electron chi connectivity index (χ4n) is 2.56. The average Bonchev–Trinajstić information content (AvgIpc) is 2.70. The second-order valence-electron chi connectivity index (χ2n) is 6.86. The lowest BCUT2D eigenvalue weighted by Gasteiger charge is -2.25. The van der Waals surface area contributed by atoms with Crippen LogP contribution in [0.2, 0.25) is 0 Å². The summed E-state index contributed by atoms with van der Waals surface area (Å²) < 4.78 is 0. The SMILES string of the molecule is NCCCCCCNC(=O)[C@@H](O)[C@@H](O)[C@H](O)[C@@H](O)C(=O)NCCCCCCN. The van der Waals surface area contributed by atoms with E-state index in [-0.39, 0.29) is 0 Å². The van der Waals surface area contributed by atoms with E-state index in [9.17, 15) is 30.0 Å². The summed E-state index contributed by atoms with van der Waals surface area (Å²) in [6.45, 7) is 1.83. The summed E-state index contributed by atoms with van der Waals surface area (Å²) in [5.74, 6) is -1.75. The number of hydrogen-bond donors (Lipinski definition) is 8. The first-order chi connectivity index (χ1) is 13.4. The smallest absolute Gasteiger partial charge is 0.251 e. The number of unbranched alkanes of at least 4 members (excludes halogenated alkanes) is 6. The molecule has 0 spiro atoms. The molecule has 0 unspecified atom stereocenters. The number of carbonyl (C=O) groups is 2. The number of nitrogens with two attached hydrogens (primary N) is 2. The van der Waals surface area contributed by atoms with Crippen molar-refractivity contribution in [2.75, 3.05) is 26.2 Å². The predicted octanol–water partition coefficient (Wildman–Crippen LogP) is -2.30. The number of carbonyl (C=O) groups excluding carboxylic acids is 2. The van der Waals surface area contributed by atoms with Crippen LogP contribution in [0, 0.1) is 0 Å². The van der Waals surface area contributed by atoms with Crippen molar-refractivity contribution in [2.45, 2.75) is 75.8 Å². The molecule has 166 valence electrons. The van der Waals surface area contributed by atoms with Gasteiger partial charge < -0.3 is 42.5 Å². The molecule has 0 saturated heterocycles. The molecule has 4 atom stereocenters. The van der Waals surface area contributed by atoms with Gasteiger partial charge in [0, 0.05) is 13.1 Å². The maximum Gasteiger partial charge on any atom is 0.251 e. The Labute approximate surface area is 166 Å². The lowest BCUT2D eigenvalue weighted by atomic mass is 10.0. The number of amides is 2. The molecule has 0 saturated carbocycles. The number of aliphatic hydroxyl groups excluding tert-OH is 4. The highest BCUT2D eigenvalue weighted by Crippen LogP contribution is 2.07. The van der Waals surface area contributed by atoms with Gasteiger partial charge in [-0.1, -0.05) is 25.7 Å². The first-order valence-electron chi connectivity index (χ1n) is 10.0. The second kappa shape index (κ2) is 16.6. The van der Waals surface area contributed by atoms with Crippen LogP contribution in [-0.2, 0) is 9.59 Å². The molecule has 28 heavy (non-hydrogen) atoms. The normalized spacial score (nSPS) is 15.5. The zero-order valence-corrected chi connectivity index (χ0v) is 16.6. The molecule has 2 amide bonds. The zero-order chi connectivity index (χ0) is 21.4. The minimum Gasteiger partial charge on any atom is -0.387 e. The van der Waals surface area contributed by atoms with Crippen molar-refractivity contribution < 1.29 is 30.0 Å². The summed E-state index contributed by atoms with van der Waals surface area (Å²) in [4.78, 5) is 23.6. The van der Waals surface area contributed by atoms with Gasteiger partial charge in [-0.05, 0) is 38.8 Å². The summed E-state index contributed by atoms with van der Waals surface area (Å²) in [7, 11) is 0. The van der Waals surface area contributed by atoms with E-state index in [0.717, 1.165) is 38.5 Å². The Bertz CT molecular complexity index is 389. The van der Waals surface area contributed by atoms with Gasteiger partial charge in [-0.15, -0.1) is 0 Å². The molecule has 10 nitrogen and oxygen atoms in total. The van der Waals surface area contributed by atoms with Crippen LogP contribution in [0.4, 0.5) is 0 Å². The summed E-state index contributed by atoms with van der Waals surface area (Å²) in [5, 5.41) is 44.3. The first-order valence-corrected chi connectivity index (χ1v) is 10.0. The van der Waals surface area contributed by atoms with Crippen LogP contribution in [0.1, 0.15) is 51.4 Å². The zero-order valence-electron chi connectivity index (χ0n) is 16.6. The molecule has 0 radical (unpaired) electrons. The monoisotopic (exact) mass is 406 g/mol. The molecule has 10 heteroatoms. The maximum atomic E-state index is 11.8. The topological polar surface area (TPSA) is 191 Å². The van der Waals surface area contributed by atoms with E-state index in [1.807, 2.05) is 0 Å². The van der Waals surface area contributed by atoms with Gasteiger partial charge in [0.25, 0.3) is 11.8 Å². The highest BCUT2D eigenvalue weighted by molar-refractivity contribution is 5.83. The van der Waals surface area contributed by atoms with Gasteiger partial charge >= 0.3 is 0 Å². The van der Waals surface area contributed by atoms with Gasteiger partial charge in [-0.3, -0.25) is 9.59 Å². The van der Waals surface area contributed by atoms with Crippen LogP contribution in [0.3, 0.4) is 0 Å². The van der Waals surface area contributed by atoms with Crippen LogP contribution in [-0.4, -0.2) is 82.8 Å². The van der Waals surface area contributed by atoms with Gasteiger partial charge in [0.2, 0.25) is 0 Å². The van der Waals surface area contributed by atoms with E-state index in [1.165, 1.54) is 0 Å². The van der Waals surface area contributed by atoms with Crippen molar-refractivity contribution in [1.82, 2.24) is 10.6 Å². The number of rotatable bonds is 17. The van der Waals surface area contributed by atoms with Crippen molar-refractivity contribution in [1.29, 1.82) is 0 Å². The Hall–Kier alpha value is -1.30. The molecule has 0 aliphatic heterocycles. The Morgan fingerprint density at radius 2 is 0.929 bits per heavy atom. The quantitative estimate of drug-likeness (QED) is 0.124. The third kappa shape index (κ3) is 11.5. The van der Waals surface area contributed by atoms with Crippen molar-refractivity contribution in [2.24, 2.45) is 11.5 Å². The molecule has 0 aliphatic rings. The van der Waals surface area contributed by atoms with Crippen molar-refractivity contribution >= 4 is 11.8 Å². The molecule has 0 aliphatic carbocycles. The fraction of sp³-hybridized carbons (Fsp3) is 0.889. The third-order valence-corrected chi connectivity index (χ3v) is 4.39. The van der Waals surface area contributed by atoms with Crippen LogP contribution < -0.4 is 22.1 Å². The van der Waals surface area contributed by atoms with Crippen LogP contribution in [0.25, 0.3) is 0 Å². The van der Waals surface area contributed by atoms with Gasteiger partial charge in [-0.25, -0.2) is 0 Å². The standard InChI is InChI=1S/C18H38N4O6/c19-9-5-1-3-7-11-21-17(27)15(25)13(23)14(24)16(26)18(28)22-12-8-4-2-6-10-20/h13-16,23-26H,1-12,19-20H2,(H,21,27)(H,22,28)/t13-,14-,15-,16+/m0/s1. The van der Waals surface area contributed by atoms with Gasteiger partial charge in [-0.2, -0.15) is 0 Å². The molecule has 0 rings (SSSR count). The molecule has 0 aromatic rings. The number of nitrogens with one attached hydrogen (secondary N) is 2. The van der Waals surface area contributed by atoms with Crippen LogP contribution in [0.5, 0.6) is 0 Å². The van der Waals surface area contributed by atoms with Crippen LogP contribution in [0.15, 0.2) is 0 Å². The van der Waals surface area contributed by atoms with Crippen molar-refractivity contribution in [3.63, 3.8) is 0 Å². The van der Waals surface area contributed by atoms with E-state index in [4.69, 9.17) is 11.5 Å². The predicted molar refractivity (Wildman–Crippen MR) is 105 cm³/mol. The number of hydrogen-bond acceptors (Lipinski definition) is 8. The number of aliphatic hydroxyl groups is 4. The summed E-state index contributed by atoms with van der Waals surface area (Å²) >= 11 is 0. The molecule has 0 bridgehead atoms. The van der Waals surface area contributed by atoms with E-state index in [1.54, 1.807) is 0 Å². The summed E-state index contributed by atoms with van der Waals surface area (Å²) in [6.07, 6.45) is -1.14. The van der Waals surface area contributed by atoms with E-state index in [2.05, 4.69) is 10.6 Å². The summed E-state index contributed by atoms with van der Waals surface area (Å²) in [6, 6.07) is 0. The van der Waals surface area contributed by atoms with E-state index in [0.29, 0.717) is 39.0 Å². The Kier molecular flexibility index (Phi) is 15.9. The van der Waals surface area contributed by atoms with Gasteiger partial charge in [0.1, 0.15) is 12.2 Å². The highest BCUT2D eigenvalue weighted by Gasteiger charge is 2.37. The maximum absolute atomic E-state index is 11.8. The minimum atomic E-state index is -2.00. The largest absolute Gasteiger partial charge is 0.387 e. The molecule has 0 aromatic carbocycles. The molecule has 10 N–H and O–H groups in total. The average molecular weight is 407 g/mol. The van der Waals surface area contributed by atoms with E-state index < -0.39 is 36.2 Å². The molecule has 0 heterocycles.